The Kier molecular flexibility index (Phi) is 17.5. The first-order chi connectivity index (χ1) is 28.3. The third-order valence-electron chi connectivity index (χ3n) is 11.4. The standard InChI is InChI=1S/C49H62F6O2S2/c1-5-7-9-11-13-15-17-19-21-31-56-39-27-23-37(24-28-39)43-33-41(35(3)58-43)45-46(48(52,53)49(54,55)47(45,50)51)42-34-44(59-36(42)4)38-25-29-40(30-26-38)57-32-22-20-18-16-14-12-10-8-6-2/h23-30,33-34H,5-22,31-32H2,1-4H3. The molecule has 0 atom stereocenters. The van der Waals surface area contributed by atoms with Crippen LogP contribution in [0.5, 0.6) is 11.5 Å². The summed E-state index contributed by atoms with van der Waals surface area (Å²) in [6.07, 6.45) is 21.7. The largest absolute Gasteiger partial charge is 0.494 e. The maximum absolute atomic E-state index is 15.9. The molecule has 2 heterocycles. The fourth-order valence-electron chi connectivity index (χ4n) is 7.81. The molecule has 0 spiro atoms. The number of alkyl halides is 6. The number of thiophene rings is 2. The fourth-order valence-corrected chi connectivity index (χ4v) is 9.88. The van der Waals surface area contributed by atoms with Gasteiger partial charge in [-0.1, -0.05) is 117 Å². The first kappa shape index (κ1) is 46.8. The molecule has 0 saturated carbocycles. The summed E-state index contributed by atoms with van der Waals surface area (Å²) >= 11 is 2.21. The van der Waals surface area contributed by atoms with E-state index in [1.54, 1.807) is 48.5 Å². The Morgan fingerprint density at radius 3 is 1.07 bits per heavy atom. The molecule has 2 aromatic heterocycles. The van der Waals surface area contributed by atoms with Gasteiger partial charge in [-0.05, 0) is 110 Å². The zero-order valence-corrected chi connectivity index (χ0v) is 36.9. The van der Waals surface area contributed by atoms with Crippen LogP contribution in [0.1, 0.15) is 150 Å². The van der Waals surface area contributed by atoms with E-state index in [-0.39, 0.29) is 20.9 Å². The molecule has 324 valence electrons. The quantitative estimate of drug-likeness (QED) is 0.0463. The summed E-state index contributed by atoms with van der Waals surface area (Å²) in [5.41, 5.74) is -1.93. The Labute approximate surface area is 356 Å². The third kappa shape index (κ3) is 11.6. The average Bonchev–Trinajstić information content (AvgIpc) is 3.82. The molecule has 59 heavy (non-hydrogen) atoms. The van der Waals surface area contributed by atoms with Crippen LogP contribution in [0.2, 0.25) is 0 Å². The number of hydrogen-bond donors (Lipinski definition) is 0. The lowest BCUT2D eigenvalue weighted by Gasteiger charge is -2.25. The first-order valence-electron chi connectivity index (χ1n) is 21.9. The van der Waals surface area contributed by atoms with Gasteiger partial charge in [0.2, 0.25) is 0 Å². The van der Waals surface area contributed by atoms with Gasteiger partial charge >= 0.3 is 17.8 Å². The van der Waals surface area contributed by atoms with E-state index in [1.807, 2.05) is 0 Å². The molecule has 0 radical (unpaired) electrons. The van der Waals surface area contributed by atoms with Crippen molar-refractivity contribution in [2.75, 3.05) is 13.2 Å². The number of rotatable bonds is 26. The molecule has 0 saturated heterocycles. The van der Waals surface area contributed by atoms with Gasteiger partial charge in [0.25, 0.3) is 0 Å². The summed E-state index contributed by atoms with van der Waals surface area (Å²) in [5.74, 6) is -14.6. The summed E-state index contributed by atoms with van der Waals surface area (Å²) in [4.78, 5) is 1.51. The molecule has 0 unspecified atom stereocenters. The van der Waals surface area contributed by atoms with Crippen molar-refractivity contribution in [3.63, 3.8) is 0 Å². The number of aryl methyl sites for hydroxylation is 2. The van der Waals surface area contributed by atoms with E-state index < -0.39 is 28.9 Å². The molecule has 1 aliphatic rings. The zero-order chi connectivity index (χ0) is 42.5. The highest BCUT2D eigenvalue weighted by molar-refractivity contribution is 7.16. The monoisotopic (exact) mass is 860 g/mol. The van der Waals surface area contributed by atoms with Gasteiger partial charge < -0.3 is 9.47 Å². The van der Waals surface area contributed by atoms with E-state index in [1.165, 1.54) is 116 Å². The van der Waals surface area contributed by atoms with Gasteiger partial charge in [-0.25, -0.2) is 0 Å². The second kappa shape index (κ2) is 22.0. The highest BCUT2D eigenvalue weighted by Gasteiger charge is 2.80. The van der Waals surface area contributed by atoms with Crippen molar-refractivity contribution >= 4 is 33.8 Å². The molecule has 10 heteroatoms. The SMILES string of the molecule is CCCCCCCCCCCOc1ccc(-c2cc(C3=C(c4cc(-c5ccc(OCCCCCCCCCCC)cc5)sc4C)C(F)(F)C(F)(F)C3(F)F)c(C)s2)cc1. The van der Waals surface area contributed by atoms with Gasteiger partial charge in [0.05, 0.1) is 13.2 Å². The van der Waals surface area contributed by atoms with E-state index in [2.05, 4.69) is 13.8 Å². The van der Waals surface area contributed by atoms with Gasteiger partial charge in [-0.15, -0.1) is 22.7 Å². The molecule has 4 aromatic rings. The Morgan fingerprint density at radius 1 is 0.441 bits per heavy atom. The third-order valence-corrected chi connectivity index (χ3v) is 13.6. The van der Waals surface area contributed by atoms with Crippen LogP contribution in [0, 0.1) is 13.8 Å². The molecule has 0 amide bonds. The fraction of sp³-hybridized carbons (Fsp3) is 0.551. The lowest BCUT2D eigenvalue weighted by atomic mass is 9.94. The zero-order valence-electron chi connectivity index (χ0n) is 35.3. The number of allylic oxidation sites excluding steroid dienone is 2. The maximum Gasteiger partial charge on any atom is 0.380 e. The van der Waals surface area contributed by atoms with Crippen molar-refractivity contribution in [2.24, 2.45) is 0 Å². The summed E-state index contributed by atoms with van der Waals surface area (Å²) < 4.78 is 106. The number of benzene rings is 2. The van der Waals surface area contributed by atoms with Crippen molar-refractivity contribution in [3.05, 3.63) is 81.5 Å². The Bertz CT molecular complexity index is 1770. The topological polar surface area (TPSA) is 18.5 Å². The number of unbranched alkanes of at least 4 members (excludes halogenated alkanes) is 16. The molecule has 0 fully saturated rings. The van der Waals surface area contributed by atoms with Crippen molar-refractivity contribution in [2.45, 2.75) is 161 Å². The van der Waals surface area contributed by atoms with E-state index in [0.29, 0.717) is 45.6 Å². The van der Waals surface area contributed by atoms with Crippen LogP contribution in [0.3, 0.4) is 0 Å². The molecule has 0 N–H and O–H groups in total. The van der Waals surface area contributed by atoms with Crippen LogP contribution in [0.25, 0.3) is 32.0 Å². The lowest BCUT2D eigenvalue weighted by Crippen LogP contribution is -2.48. The Hall–Kier alpha value is -3.24. The number of halogens is 6. The van der Waals surface area contributed by atoms with Crippen LogP contribution in [-0.4, -0.2) is 31.0 Å². The smallest absolute Gasteiger partial charge is 0.380 e. The minimum absolute atomic E-state index is 0.248. The number of ether oxygens (including phenoxy) is 2. The van der Waals surface area contributed by atoms with Gasteiger partial charge in [-0.2, -0.15) is 26.3 Å². The van der Waals surface area contributed by atoms with Crippen LogP contribution in [0.15, 0.2) is 60.7 Å². The molecular weight excluding hydrogens is 799 g/mol. The minimum atomic E-state index is -5.63. The Morgan fingerprint density at radius 2 is 0.746 bits per heavy atom. The first-order valence-corrected chi connectivity index (χ1v) is 23.5. The molecule has 1 aliphatic carbocycles. The molecular formula is C49H62F6O2S2. The summed E-state index contributed by atoms with van der Waals surface area (Å²) in [6.45, 7) is 8.60. The highest BCUT2D eigenvalue weighted by Crippen LogP contribution is 2.66. The average molecular weight is 861 g/mol. The van der Waals surface area contributed by atoms with Gasteiger partial charge in [0, 0.05) is 30.7 Å². The predicted molar refractivity (Wildman–Crippen MR) is 236 cm³/mol. The molecule has 0 bridgehead atoms. The second-order valence-corrected chi connectivity index (χ2v) is 18.5. The summed E-state index contributed by atoms with van der Waals surface area (Å²) in [6, 6.07) is 16.9. The van der Waals surface area contributed by atoms with E-state index in [0.717, 1.165) is 48.4 Å². The molecule has 2 nitrogen and oxygen atoms in total. The predicted octanol–water partition coefficient (Wildman–Crippen LogP) is 17.4. The minimum Gasteiger partial charge on any atom is -0.494 e. The lowest BCUT2D eigenvalue weighted by molar-refractivity contribution is -0.254. The van der Waals surface area contributed by atoms with Crippen LogP contribution in [0.4, 0.5) is 26.3 Å². The molecule has 2 aromatic carbocycles. The van der Waals surface area contributed by atoms with Crippen molar-refractivity contribution < 1.29 is 35.8 Å². The summed E-state index contributed by atoms with van der Waals surface area (Å²) in [7, 11) is 0. The van der Waals surface area contributed by atoms with Crippen molar-refractivity contribution in [1.82, 2.24) is 0 Å². The van der Waals surface area contributed by atoms with Crippen molar-refractivity contribution in [1.29, 1.82) is 0 Å². The van der Waals surface area contributed by atoms with Gasteiger partial charge in [0.15, 0.2) is 0 Å². The van der Waals surface area contributed by atoms with Crippen LogP contribution >= 0.6 is 22.7 Å². The maximum atomic E-state index is 15.9. The normalized spacial score (nSPS) is 15.6. The van der Waals surface area contributed by atoms with E-state index >= 15 is 26.3 Å². The van der Waals surface area contributed by atoms with Gasteiger partial charge in [0.1, 0.15) is 11.5 Å². The van der Waals surface area contributed by atoms with E-state index in [4.69, 9.17) is 9.47 Å². The molecule has 5 rings (SSSR count). The van der Waals surface area contributed by atoms with Crippen molar-refractivity contribution in [3.8, 4) is 32.4 Å². The Balaban J connectivity index is 1.27. The van der Waals surface area contributed by atoms with Crippen LogP contribution < -0.4 is 9.47 Å². The van der Waals surface area contributed by atoms with Crippen LogP contribution in [-0.2, 0) is 0 Å². The van der Waals surface area contributed by atoms with Gasteiger partial charge in [-0.3, -0.25) is 0 Å². The summed E-state index contributed by atoms with van der Waals surface area (Å²) in [5, 5.41) is 0. The highest BCUT2D eigenvalue weighted by atomic mass is 32.1. The number of hydrogen-bond acceptors (Lipinski definition) is 4. The second-order valence-electron chi connectivity index (χ2n) is 16.0. The molecule has 0 aliphatic heterocycles. The van der Waals surface area contributed by atoms with E-state index in [9.17, 15) is 0 Å².